The first-order valence-electron chi connectivity index (χ1n) is 7.91. The van der Waals surface area contributed by atoms with Gasteiger partial charge < -0.3 is 5.11 Å². The highest BCUT2D eigenvalue weighted by molar-refractivity contribution is 5.77. The summed E-state index contributed by atoms with van der Waals surface area (Å²) >= 11 is 0. The van der Waals surface area contributed by atoms with E-state index in [4.69, 9.17) is 0 Å². The standard InChI is InChI=1S/C17H23N3O3/c1-9-12(13(9)15(21)22)10-6-7-11-14(18-10)19(5)16(23)20(11)8-17(2,3)4/h6-7,9,12-13H,8H2,1-5H3,(H,21,22). The largest absolute Gasteiger partial charge is 0.481 e. The zero-order valence-corrected chi connectivity index (χ0v) is 14.2. The Balaban J connectivity index is 2.07. The summed E-state index contributed by atoms with van der Waals surface area (Å²) in [6.45, 7) is 8.80. The third-order valence-corrected chi connectivity index (χ3v) is 4.64. The van der Waals surface area contributed by atoms with Crippen molar-refractivity contribution in [1.29, 1.82) is 0 Å². The fourth-order valence-corrected chi connectivity index (χ4v) is 3.40. The molecule has 2 aromatic heterocycles. The number of aliphatic carboxylic acids is 1. The van der Waals surface area contributed by atoms with Gasteiger partial charge in [0.15, 0.2) is 5.65 Å². The Bertz CT molecular complexity index is 841. The molecule has 0 aliphatic heterocycles. The lowest BCUT2D eigenvalue weighted by atomic mass is 9.97. The van der Waals surface area contributed by atoms with Gasteiger partial charge in [0.25, 0.3) is 0 Å². The first-order valence-corrected chi connectivity index (χ1v) is 7.91. The monoisotopic (exact) mass is 317 g/mol. The zero-order chi connectivity index (χ0) is 17.1. The molecule has 0 spiro atoms. The number of pyridine rings is 1. The van der Waals surface area contributed by atoms with E-state index in [2.05, 4.69) is 25.8 Å². The quantitative estimate of drug-likeness (QED) is 0.941. The molecular formula is C17H23N3O3. The van der Waals surface area contributed by atoms with Crippen molar-refractivity contribution in [3.63, 3.8) is 0 Å². The van der Waals surface area contributed by atoms with Crippen LogP contribution in [0.15, 0.2) is 16.9 Å². The first kappa shape index (κ1) is 15.8. The number of aryl methyl sites for hydroxylation is 1. The van der Waals surface area contributed by atoms with Crippen LogP contribution in [0.2, 0.25) is 0 Å². The fourth-order valence-electron chi connectivity index (χ4n) is 3.40. The zero-order valence-electron chi connectivity index (χ0n) is 14.2. The van der Waals surface area contributed by atoms with Crippen LogP contribution in [-0.4, -0.2) is 25.2 Å². The van der Waals surface area contributed by atoms with E-state index in [0.29, 0.717) is 12.2 Å². The normalized spacial score (nSPS) is 24.1. The Morgan fingerprint density at radius 3 is 2.52 bits per heavy atom. The highest BCUT2D eigenvalue weighted by Crippen LogP contribution is 2.53. The van der Waals surface area contributed by atoms with Crippen LogP contribution in [0.25, 0.3) is 11.2 Å². The van der Waals surface area contributed by atoms with E-state index in [9.17, 15) is 14.7 Å². The molecule has 0 amide bonds. The summed E-state index contributed by atoms with van der Waals surface area (Å²) in [6.07, 6.45) is 0. The van der Waals surface area contributed by atoms with Crippen LogP contribution < -0.4 is 5.69 Å². The predicted octanol–water partition coefficient (Wildman–Crippen LogP) is 2.22. The molecule has 0 bridgehead atoms. The SMILES string of the molecule is CC1C(C(=O)O)C1c1ccc2c(n1)n(C)c(=O)n2CC(C)(C)C. The minimum Gasteiger partial charge on any atom is -0.481 e. The summed E-state index contributed by atoms with van der Waals surface area (Å²) in [7, 11) is 1.71. The lowest BCUT2D eigenvalue weighted by Gasteiger charge is -2.18. The van der Waals surface area contributed by atoms with Gasteiger partial charge in [0, 0.05) is 25.2 Å². The summed E-state index contributed by atoms with van der Waals surface area (Å²) in [5.74, 6) is -1.11. The highest BCUT2D eigenvalue weighted by atomic mass is 16.4. The van der Waals surface area contributed by atoms with Gasteiger partial charge >= 0.3 is 11.7 Å². The summed E-state index contributed by atoms with van der Waals surface area (Å²) in [6, 6.07) is 3.76. The van der Waals surface area contributed by atoms with Crippen molar-refractivity contribution in [2.75, 3.05) is 0 Å². The molecule has 1 saturated carbocycles. The lowest BCUT2D eigenvalue weighted by Crippen LogP contribution is -2.27. The average molecular weight is 317 g/mol. The Labute approximate surface area is 134 Å². The molecule has 6 nitrogen and oxygen atoms in total. The Morgan fingerprint density at radius 2 is 2.00 bits per heavy atom. The molecule has 0 aromatic carbocycles. The minimum atomic E-state index is -0.774. The van der Waals surface area contributed by atoms with Crippen LogP contribution in [-0.2, 0) is 18.4 Å². The molecular weight excluding hydrogens is 294 g/mol. The average Bonchev–Trinajstić information content (AvgIpc) is 3.07. The molecule has 3 unspecified atom stereocenters. The second kappa shape index (κ2) is 4.94. The molecule has 1 fully saturated rings. The number of imidazole rings is 1. The molecule has 2 aromatic rings. The van der Waals surface area contributed by atoms with Crippen LogP contribution in [0.3, 0.4) is 0 Å². The summed E-state index contributed by atoms with van der Waals surface area (Å²) < 4.78 is 3.30. The molecule has 1 aliphatic carbocycles. The number of carboxylic acid groups (broad SMARTS) is 1. The number of carbonyl (C=O) groups is 1. The second-order valence-electron chi connectivity index (χ2n) is 7.82. The van der Waals surface area contributed by atoms with E-state index in [1.54, 1.807) is 16.2 Å². The van der Waals surface area contributed by atoms with Gasteiger partial charge in [-0.1, -0.05) is 27.7 Å². The molecule has 0 saturated heterocycles. The van der Waals surface area contributed by atoms with E-state index in [-0.39, 0.29) is 28.9 Å². The van der Waals surface area contributed by atoms with E-state index in [0.717, 1.165) is 11.2 Å². The Hall–Kier alpha value is -2.11. The lowest BCUT2D eigenvalue weighted by molar-refractivity contribution is -0.138. The topological polar surface area (TPSA) is 77.1 Å². The number of aromatic nitrogens is 3. The molecule has 2 heterocycles. The molecule has 124 valence electrons. The fraction of sp³-hybridized carbons (Fsp3) is 0.588. The molecule has 3 atom stereocenters. The summed E-state index contributed by atoms with van der Waals surface area (Å²) in [5.41, 5.74) is 2.09. The van der Waals surface area contributed by atoms with Crippen LogP contribution in [0.1, 0.15) is 39.3 Å². The van der Waals surface area contributed by atoms with Crippen LogP contribution >= 0.6 is 0 Å². The second-order valence-corrected chi connectivity index (χ2v) is 7.82. The van der Waals surface area contributed by atoms with Crippen LogP contribution in [0, 0.1) is 17.3 Å². The molecule has 6 heteroatoms. The molecule has 1 aliphatic rings. The van der Waals surface area contributed by atoms with Crippen molar-refractivity contribution in [2.24, 2.45) is 24.3 Å². The third-order valence-electron chi connectivity index (χ3n) is 4.64. The molecule has 0 radical (unpaired) electrons. The van der Waals surface area contributed by atoms with Gasteiger partial charge in [0.05, 0.1) is 11.4 Å². The minimum absolute atomic E-state index is 0.0177. The summed E-state index contributed by atoms with van der Waals surface area (Å²) in [5, 5.41) is 9.21. The van der Waals surface area contributed by atoms with E-state index >= 15 is 0 Å². The number of rotatable bonds is 3. The number of carboxylic acids is 1. The van der Waals surface area contributed by atoms with Gasteiger partial charge in [0.2, 0.25) is 0 Å². The Kier molecular flexibility index (Phi) is 3.39. The van der Waals surface area contributed by atoms with E-state index < -0.39 is 5.97 Å². The first-order chi connectivity index (χ1) is 10.6. The maximum absolute atomic E-state index is 12.5. The van der Waals surface area contributed by atoms with E-state index in [1.165, 1.54) is 0 Å². The highest BCUT2D eigenvalue weighted by Gasteiger charge is 2.53. The number of nitrogens with zero attached hydrogens (tertiary/aromatic N) is 3. The van der Waals surface area contributed by atoms with Gasteiger partial charge in [-0.05, 0) is 23.5 Å². The van der Waals surface area contributed by atoms with E-state index in [1.807, 2.05) is 19.1 Å². The van der Waals surface area contributed by atoms with Gasteiger partial charge in [-0.25, -0.2) is 9.78 Å². The van der Waals surface area contributed by atoms with Crippen molar-refractivity contribution in [2.45, 2.75) is 40.2 Å². The maximum Gasteiger partial charge on any atom is 0.330 e. The van der Waals surface area contributed by atoms with Crippen LogP contribution in [0.5, 0.6) is 0 Å². The van der Waals surface area contributed by atoms with Gasteiger partial charge in [-0.2, -0.15) is 0 Å². The predicted molar refractivity (Wildman–Crippen MR) is 87.5 cm³/mol. The van der Waals surface area contributed by atoms with Gasteiger partial charge in [-0.3, -0.25) is 13.9 Å². The number of fused-ring (bicyclic) bond motifs is 1. The molecule has 3 rings (SSSR count). The van der Waals surface area contributed by atoms with Crippen molar-refractivity contribution < 1.29 is 9.90 Å². The van der Waals surface area contributed by atoms with Crippen molar-refractivity contribution >= 4 is 17.1 Å². The van der Waals surface area contributed by atoms with Crippen LogP contribution in [0.4, 0.5) is 0 Å². The molecule has 23 heavy (non-hydrogen) atoms. The van der Waals surface area contributed by atoms with Crippen molar-refractivity contribution in [3.05, 3.63) is 28.3 Å². The van der Waals surface area contributed by atoms with Crippen molar-refractivity contribution in [3.8, 4) is 0 Å². The summed E-state index contributed by atoms with van der Waals surface area (Å²) in [4.78, 5) is 28.3. The smallest absolute Gasteiger partial charge is 0.330 e. The van der Waals surface area contributed by atoms with Gasteiger partial charge in [0.1, 0.15) is 0 Å². The van der Waals surface area contributed by atoms with Gasteiger partial charge in [-0.15, -0.1) is 0 Å². The Morgan fingerprint density at radius 1 is 1.35 bits per heavy atom. The number of hydrogen-bond acceptors (Lipinski definition) is 3. The molecule has 1 N–H and O–H groups in total. The maximum atomic E-state index is 12.5. The third kappa shape index (κ3) is 2.56. The van der Waals surface area contributed by atoms with Crippen molar-refractivity contribution in [1.82, 2.24) is 14.1 Å². The number of hydrogen-bond donors (Lipinski definition) is 1.